The van der Waals surface area contributed by atoms with Crippen LogP contribution in [0.1, 0.15) is 88.6 Å². The van der Waals surface area contributed by atoms with Crippen LogP contribution >= 0.6 is 0 Å². The molecule has 1 unspecified atom stereocenters. The average molecular weight is 1370 g/mol. The Labute approximate surface area is 638 Å². The molecule has 16 aromatic rings. The molecule has 0 saturated heterocycles. The Bertz CT molecular complexity index is 6260. The third-order valence-corrected chi connectivity index (χ3v) is 22.2. The largest absolute Gasteiger partial charge is 0.310 e. The molecular formula is C103H79BN2. The minimum Gasteiger partial charge on any atom is -0.310 e. The fraction of sp³-hybridized carbons (Fsp3) is 0.0874. The maximum absolute atomic E-state index is 9.78. The monoisotopic (exact) mass is 1360 g/mol. The highest BCUT2D eigenvalue weighted by atomic mass is 15.2. The smallest absolute Gasteiger partial charge is 0.252 e. The molecule has 0 radical (unpaired) electrons. The summed E-state index contributed by atoms with van der Waals surface area (Å²) in [6.07, 6.45) is 0. The lowest BCUT2D eigenvalue weighted by Gasteiger charge is -2.46. The van der Waals surface area contributed by atoms with Crippen molar-refractivity contribution in [3.63, 3.8) is 0 Å². The molecule has 16 aromatic carbocycles. The van der Waals surface area contributed by atoms with E-state index >= 15 is 0 Å². The lowest BCUT2D eigenvalue weighted by molar-refractivity contribution is 0.590. The van der Waals surface area contributed by atoms with Gasteiger partial charge in [0, 0.05) is 45.0 Å². The van der Waals surface area contributed by atoms with E-state index < -0.39 is 48.4 Å². The Morgan fingerprint density at radius 2 is 0.670 bits per heavy atom. The summed E-state index contributed by atoms with van der Waals surface area (Å²) in [5.41, 5.74) is 24.6. The van der Waals surface area contributed by atoms with E-state index in [1.807, 2.05) is 48.5 Å². The van der Waals surface area contributed by atoms with Gasteiger partial charge in [-0.05, 0) is 187 Å². The minimum atomic E-state index is -0.968. The molecule has 0 N–H and O–H groups in total. The zero-order valence-corrected chi connectivity index (χ0v) is 59.9. The van der Waals surface area contributed by atoms with Gasteiger partial charge in [-0.25, -0.2) is 0 Å². The number of rotatable bonds is 11. The normalized spacial score (nSPS) is 15.4. The summed E-state index contributed by atoms with van der Waals surface area (Å²) >= 11 is 0. The molecule has 504 valence electrons. The minimum absolute atomic E-state index is 0.0535. The second kappa shape index (κ2) is 25.4. The zero-order valence-electron chi connectivity index (χ0n) is 69.9. The number of fused-ring (bicyclic) bond motifs is 8. The summed E-state index contributed by atoms with van der Waals surface area (Å²) in [5, 5.41) is 2.21. The fourth-order valence-corrected chi connectivity index (χ4v) is 17.3. The highest BCUT2D eigenvalue weighted by Crippen LogP contribution is 2.62. The average Bonchev–Trinajstić information content (AvgIpc) is 1.22. The predicted molar refractivity (Wildman–Crippen MR) is 451 cm³/mol. The Morgan fingerprint density at radius 1 is 0.292 bits per heavy atom. The molecule has 19 rings (SSSR count). The second-order valence-electron chi connectivity index (χ2n) is 30.3. The third kappa shape index (κ3) is 10.5. The second-order valence-corrected chi connectivity index (χ2v) is 30.3. The molecule has 0 spiro atoms. The van der Waals surface area contributed by atoms with Gasteiger partial charge >= 0.3 is 0 Å². The van der Waals surface area contributed by atoms with Crippen molar-refractivity contribution in [1.82, 2.24) is 0 Å². The first-order chi connectivity index (χ1) is 56.0. The molecular weight excluding hydrogens is 1280 g/mol. The summed E-state index contributed by atoms with van der Waals surface area (Å²) < 4.78 is 94.0. The van der Waals surface area contributed by atoms with Crippen LogP contribution in [0, 0.1) is 0 Å². The summed E-state index contributed by atoms with van der Waals surface area (Å²) in [5.74, 6) is 0. The van der Waals surface area contributed by atoms with Crippen molar-refractivity contribution < 1.29 is 13.7 Å². The van der Waals surface area contributed by atoms with E-state index in [0.717, 1.165) is 150 Å². The van der Waals surface area contributed by atoms with Crippen molar-refractivity contribution in [1.29, 1.82) is 0 Å². The Morgan fingerprint density at radius 3 is 1.14 bits per heavy atom. The van der Waals surface area contributed by atoms with Crippen LogP contribution in [0.4, 0.5) is 34.1 Å². The number of hydrogen-bond acceptors (Lipinski definition) is 2. The van der Waals surface area contributed by atoms with E-state index in [1.54, 1.807) is 0 Å². The first-order valence-electron chi connectivity index (χ1n) is 41.6. The molecule has 0 bridgehead atoms. The predicted octanol–water partition coefficient (Wildman–Crippen LogP) is 25.5. The number of hydrogen-bond donors (Lipinski definition) is 0. The number of nitrogens with zero attached hydrogens (tertiary/aromatic N) is 2. The summed E-state index contributed by atoms with van der Waals surface area (Å²) in [7, 11) is 0. The van der Waals surface area contributed by atoms with Gasteiger partial charge in [0.2, 0.25) is 0 Å². The molecule has 0 saturated carbocycles. The molecule has 2 nitrogen and oxygen atoms in total. The quantitative estimate of drug-likeness (QED) is 0.119. The van der Waals surface area contributed by atoms with Crippen molar-refractivity contribution in [3.8, 4) is 89.0 Å². The maximum atomic E-state index is 9.78. The van der Waals surface area contributed by atoms with Gasteiger partial charge in [0.15, 0.2) is 0 Å². The molecule has 106 heavy (non-hydrogen) atoms. The van der Waals surface area contributed by atoms with Crippen LogP contribution < -0.4 is 26.2 Å². The molecule has 0 fully saturated rings. The van der Waals surface area contributed by atoms with Crippen molar-refractivity contribution >= 4 is 68.0 Å². The van der Waals surface area contributed by atoms with E-state index in [1.165, 1.54) is 0 Å². The highest BCUT2D eigenvalue weighted by Gasteiger charge is 2.50. The van der Waals surface area contributed by atoms with Crippen LogP contribution in [0.2, 0.25) is 0 Å². The van der Waals surface area contributed by atoms with Gasteiger partial charge in [0.05, 0.1) is 30.5 Å². The van der Waals surface area contributed by atoms with Crippen LogP contribution in [0.15, 0.2) is 370 Å². The first kappa shape index (κ1) is 54.1. The van der Waals surface area contributed by atoms with Gasteiger partial charge in [-0.1, -0.05) is 363 Å². The van der Waals surface area contributed by atoms with Crippen molar-refractivity contribution in [2.24, 2.45) is 0 Å². The van der Waals surface area contributed by atoms with Gasteiger partial charge in [0.25, 0.3) is 6.71 Å². The van der Waals surface area contributed by atoms with Gasteiger partial charge in [0.1, 0.15) is 0 Å². The molecule has 1 atom stereocenters. The van der Waals surface area contributed by atoms with Gasteiger partial charge in [-0.2, -0.15) is 0 Å². The number of anilines is 6. The third-order valence-electron chi connectivity index (χ3n) is 22.2. The number of benzene rings is 16. The van der Waals surface area contributed by atoms with E-state index in [-0.39, 0.29) is 46.1 Å². The molecule has 2 heterocycles. The Kier molecular flexibility index (Phi) is 13.0. The van der Waals surface area contributed by atoms with Crippen LogP contribution in [0.3, 0.4) is 0 Å². The lowest BCUT2D eigenvalue weighted by Crippen LogP contribution is -2.61. The topological polar surface area (TPSA) is 6.48 Å². The molecule has 2 aliphatic heterocycles. The van der Waals surface area contributed by atoms with Crippen molar-refractivity contribution in [2.75, 3.05) is 9.80 Å². The Hall–Kier alpha value is -12.6. The van der Waals surface area contributed by atoms with Gasteiger partial charge in [-0.15, -0.1) is 0 Å². The molecule has 3 aliphatic rings. The van der Waals surface area contributed by atoms with Crippen LogP contribution in [0.25, 0.3) is 99.8 Å². The highest BCUT2D eigenvalue weighted by molar-refractivity contribution is 7.00. The van der Waals surface area contributed by atoms with E-state index in [0.29, 0.717) is 22.5 Å². The summed E-state index contributed by atoms with van der Waals surface area (Å²) in [4.78, 5) is 4.86. The van der Waals surface area contributed by atoms with E-state index in [4.69, 9.17) is 2.74 Å². The van der Waals surface area contributed by atoms with Gasteiger partial charge < -0.3 is 9.80 Å². The van der Waals surface area contributed by atoms with E-state index in [2.05, 4.69) is 312 Å². The van der Waals surface area contributed by atoms with E-state index in [9.17, 15) is 11.0 Å². The molecule has 0 amide bonds. The summed E-state index contributed by atoms with van der Waals surface area (Å²) in [6.45, 7) is 12.8. The van der Waals surface area contributed by atoms with Gasteiger partial charge in [-0.3, -0.25) is 0 Å². The molecule has 1 aliphatic carbocycles. The summed E-state index contributed by atoms with van der Waals surface area (Å²) in [6, 6.07) is 106. The first-order valence-corrected chi connectivity index (χ1v) is 36.6. The van der Waals surface area contributed by atoms with Crippen LogP contribution in [-0.4, -0.2) is 6.71 Å². The fourth-order valence-electron chi connectivity index (χ4n) is 17.3. The van der Waals surface area contributed by atoms with Crippen LogP contribution in [-0.2, 0) is 16.2 Å². The standard InChI is InChI=1S/C103H79BN2/c1-101(2,3)79-64-85(71-38-18-9-19-39-71)99(86(65-79)72-40-20-10-21-41-72)105-93-60-75(68-34-14-7-15-35-68)56-58-91(93)104-92-59-57-76(69-36-16-8-17-37-69)61-94(92)106(100-87(73-42-22-11-23-43-73)66-80(102(4,5)6)67-88(100)74-44-24-12-25-45-74)96-63-77(62-95(105)98(96)104)82-52-33-53-84-83-51-30-31-54-90(83)103(97(82)84,78-48-26-13-27-49-78)89-55-32-47-70-46-28-29-50-81(70)89/h7-67H,1-6H3/i7D,8D,14D,15D,16D,17D,34D,35D,36D,37D. The molecule has 3 heteroatoms. The Balaban J connectivity index is 1.06. The van der Waals surface area contributed by atoms with Crippen LogP contribution in [0.5, 0.6) is 0 Å². The SMILES string of the molecule is [2H]c1c([2H])c([2H])c(-c2ccc3c(c2)N(c2c(-c4ccccc4)cc(C(C)(C)C)cc2-c2ccccc2)c2cc(-c4cccc5c4C(c4ccccc4)(c4cccc6ccccc46)c4ccccc4-5)cc4c2B3c2ccc(-c3c([2H])c([2H])c([2H])c([2H])c3[2H])cc2N4c2c(-c3ccccc3)cc(C(C)(C)C)cc2-c2ccccc2)c([2H])c1[2H]. The lowest BCUT2D eigenvalue weighted by atomic mass is 9.33. The van der Waals surface area contributed by atoms with Crippen molar-refractivity contribution in [3.05, 3.63) is 403 Å². The maximum Gasteiger partial charge on any atom is 0.252 e. The molecule has 0 aromatic heterocycles. The zero-order chi connectivity index (χ0) is 80.1. The van der Waals surface area contributed by atoms with Crippen molar-refractivity contribution in [2.45, 2.75) is 57.8 Å².